The third-order valence-electron chi connectivity index (χ3n) is 3.64. The molecule has 2 aromatic heterocycles. The van der Waals surface area contributed by atoms with Crippen LogP contribution in [-0.2, 0) is 0 Å². The predicted octanol–water partition coefficient (Wildman–Crippen LogP) is 2.75. The lowest BCUT2D eigenvalue weighted by atomic mass is 10.1. The fraction of sp³-hybridized carbons (Fsp3) is 0.188. The number of para-hydroxylation sites is 1. The summed E-state index contributed by atoms with van der Waals surface area (Å²) in [6.45, 7) is 0. The summed E-state index contributed by atoms with van der Waals surface area (Å²) in [5, 5.41) is 10.8. The van der Waals surface area contributed by atoms with Crippen molar-refractivity contribution in [3.63, 3.8) is 0 Å². The van der Waals surface area contributed by atoms with E-state index in [1.165, 1.54) is 34.9 Å². The van der Waals surface area contributed by atoms with Gasteiger partial charge in [-0.3, -0.25) is 4.40 Å². The van der Waals surface area contributed by atoms with E-state index in [1.807, 2.05) is 5.32 Å². The van der Waals surface area contributed by atoms with Gasteiger partial charge in [-0.05, 0) is 24.3 Å². The molecule has 2 N–H and O–H groups in total. The Kier molecular flexibility index (Phi) is 4.41. The average molecular weight is 366 g/mol. The van der Waals surface area contributed by atoms with Crippen molar-refractivity contribution in [3.8, 4) is 5.69 Å². The first-order valence-corrected chi connectivity index (χ1v) is 7.48. The molecule has 0 saturated carbocycles. The maximum Gasteiger partial charge on any atom is 0.405 e. The van der Waals surface area contributed by atoms with Crippen molar-refractivity contribution in [2.24, 2.45) is 0 Å². The molecular formula is C16H13F3N4O3. The van der Waals surface area contributed by atoms with Crippen molar-refractivity contribution in [1.82, 2.24) is 19.3 Å². The number of aromatic nitrogens is 3. The molecule has 0 fully saturated rings. The summed E-state index contributed by atoms with van der Waals surface area (Å²) in [5.74, 6) is -0.341. The molecule has 3 rings (SSSR count). The van der Waals surface area contributed by atoms with E-state index in [9.17, 15) is 22.8 Å². The van der Waals surface area contributed by atoms with Gasteiger partial charge in [-0.25, -0.2) is 19.1 Å². The highest BCUT2D eigenvalue weighted by Crippen LogP contribution is 2.29. The Morgan fingerprint density at radius 3 is 2.50 bits per heavy atom. The van der Waals surface area contributed by atoms with E-state index in [-0.39, 0.29) is 17.2 Å². The zero-order chi connectivity index (χ0) is 18.9. The van der Waals surface area contributed by atoms with Crippen molar-refractivity contribution in [2.75, 3.05) is 0 Å². The van der Waals surface area contributed by atoms with Crippen LogP contribution in [0.15, 0.2) is 53.5 Å². The lowest BCUT2D eigenvalue weighted by Crippen LogP contribution is -2.37. The van der Waals surface area contributed by atoms with Crippen LogP contribution in [0.4, 0.5) is 18.0 Å². The molecule has 0 spiro atoms. The topological polar surface area (TPSA) is 88.6 Å². The molecule has 26 heavy (non-hydrogen) atoms. The number of nitrogens with zero attached hydrogens (tertiary/aromatic N) is 3. The number of hydrogen-bond donors (Lipinski definition) is 2. The molecule has 0 aliphatic carbocycles. The first-order valence-electron chi connectivity index (χ1n) is 7.48. The van der Waals surface area contributed by atoms with Crippen LogP contribution in [0.5, 0.6) is 0 Å². The van der Waals surface area contributed by atoms with Gasteiger partial charge >= 0.3 is 18.0 Å². The molecule has 136 valence electrons. The Bertz CT molecular complexity index is 995. The van der Waals surface area contributed by atoms with Gasteiger partial charge in [0.15, 0.2) is 0 Å². The Balaban J connectivity index is 2.28. The lowest BCUT2D eigenvalue weighted by Gasteiger charge is -2.22. The van der Waals surface area contributed by atoms with Gasteiger partial charge < -0.3 is 10.4 Å². The maximum absolute atomic E-state index is 13.0. The predicted molar refractivity (Wildman–Crippen MR) is 85.4 cm³/mol. The van der Waals surface area contributed by atoms with Crippen LogP contribution in [0.25, 0.3) is 11.3 Å². The van der Waals surface area contributed by atoms with Crippen molar-refractivity contribution >= 4 is 11.7 Å². The molecular weight excluding hydrogens is 353 g/mol. The highest BCUT2D eigenvalue weighted by Gasteiger charge is 2.36. The highest BCUT2D eigenvalue weighted by molar-refractivity contribution is 5.65. The van der Waals surface area contributed by atoms with Crippen LogP contribution in [0.1, 0.15) is 18.3 Å². The monoisotopic (exact) mass is 366 g/mol. The number of halogens is 3. The normalized spacial score (nSPS) is 12.9. The van der Waals surface area contributed by atoms with Crippen LogP contribution >= 0.6 is 0 Å². The molecule has 1 unspecified atom stereocenters. The molecule has 0 aliphatic heterocycles. The minimum Gasteiger partial charge on any atom is -0.465 e. The molecule has 2 heterocycles. The smallest absolute Gasteiger partial charge is 0.405 e. The van der Waals surface area contributed by atoms with Gasteiger partial charge in [-0.2, -0.15) is 13.2 Å². The molecule has 1 amide bonds. The van der Waals surface area contributed by atoms with E-state index in [4.69, 9.17) is 5.11 Å². The first-order chi connectivity index (χ1) is 12.3. The molecule has 1 atom stereocenters. The number of nitrogens with one attached hydrogen (secondary N) is 1. The minimum absolute atomic E-state index is 0.122. The van der Waals surface area contributed by atoms with Gasteiger partial charge in [0.25, 0.3) is 0 Å². The third kappa shape index (κ3) is 3.53. The van der Waals surface area contributed by atoms with E-state index in [0.717, 1.165) is 4.57 Å². The summed E-state index contributed by atoms with van der Waals surface area (Å²) in [6, 6.07) is 9.15. The molecule has 3 aromatic rings. The molecule has 10 heteroatoms. The Hall–Kier alpha value is -3.30. The van der Waals surface area contributed by atoms with Crippen molar-refractivity contribution in [1.29, 1.82) is 0 Å². The van der Waals surface area contributed by atoms with Gasteiger partial charge in [-0.1, -0.05) is 18.2 Å². The number of benzene rings is 1. The van der Waals surface area contributed by atoms with Crippen LogP contribution in [0, 0.1) is 0 Å². The number of fused-ring (bicyclic) bond motifs is 1. The minimum atomic E-state index is -4.67. The van der Waals surface area contributed by atoms with E-state index >= 15 is 0 Å². The fourth-order valence-corrected chi connectivity index (χ4v) is 2.64. The molecule has 0 aliphatic rings. The van der Waals surface area contributed by atoms with Gasteiger partial charge in [-0.15, -0.1) is 0 Å². The van der Waals surface area contributed by atoms with Gasteiger partial charge in [0.1, 0.15) is 11.5 Å². The number of hydrogen-bond acceptors (Lipinski definition) is 3. The molecule has 7 nitrogen and oxygen atoms in total. The maximum atomic E-state index is 13.0. The SMILES string of the molecule is O=C(O)NC(CC(F)(F)F)c1nc2cccn2c(=O)n1-c1ccccc1. The quantitative estimate of drug-likeness (QED) is 0.743. The van der Waals surface area contributed by atoms with E-state index in [2.05, 4.69) is 4.98 Å². The Labute approximate surface area is 144 Å². The second-order valence-electron chi connectivity index (χ2n) is 5.48. The summed E-state index contributed by atoms with van der Waals surface area (Å²) < 4.78 is 41.1. The third-order valence-corrected chi connectivity index (χ3v) is 3.64. The summed E-state index contributed by atoms with van der Waals surface area (Å²) in [4.78, 5) is 27.9. The second-order valence-corrected chi connectivity index (χ2v) is 5.48. The van der Waals surface area contributed by atoms with Crippen molar-refractivity contribution in [2.45, 2.75) is 18.6 Å². The molecule has 0 bridgehead atoms. The fourth-order valence-electron chi connectivity index (χ4n) is 2.64. The van der Waals surface area contributed by atoms with Gasteiger partial charge in [0.05, 0.1) is 18.2 Å². The molecule has 1 aromatic carbocycles. The number of amides is 1. The standard InChI is InChI=1S/C16H13F3N4O3/c17-16(18,19)9-11(20-14(24)25)13-21-12-7-4-8-22(12)15(26)23(13)10-5-2-1-3-6-10/h1-8,11,20H,9H2,(H,24,25). The second kappa shape index (κ2) is 6.54. The summed E-state index contributed by atoms with van der Waals surface area (Å²) >= 11 is 0. The summed E-state index contributed by atoms with van der Waals surface area (Å²) in [5.41, 5.74) is -0.257. The number of carboxylic acid groups (broad SMARTS) is 1. The van der Waals surface area contributed by atoms with Crippen LogP contribution in [0.3, 0.4) is 0 Å². The number of rotatable bonds is 4. The van der Waals surface area contributed by atoms with E-state index in [0.29, 0.717) is 0 Å². The largest absolute Gasteiger partial charge is 0.465 e. The van der Waals surface area contributed by atoms with E-state index < -0.39 is 30.4 Å². The zero-order valence-electron chi connectivity index (χ0n) is 13.1. The van der Waals surface area contributed by atoms with Gasteiger partial charge in [0, 0.05) is 6.20 Å². The van der Waals surface area contributed by atoms with Crippen LogP contribution in [-0.4, -0.2) is 31.3 Å². The zero-order valence-corrected chi connectivity index (χ0v) is 13.1. The van der Waals surface area contributed by atoms with Crippen molar-refractivity contribution in [3.05, 3.63) is 65.0 Å². The van der Waals surface area contributed by atoms with Crippen LogP contribution in [0.2, 0.25) is 0 Å². The lowest BCUT2D eigenvalue weighted by molar-refractivity contribution is -0.140. The van der Waals surface area contributed by atoms with Crippen LogP contribution < -0.4 is 11.0 Å². The first kappa shape index (κ1) is 17.5. The highest BCUT2D eigenvalue weighted by atomic mass is 19.4. The Morgan fingerprint density at radius 1 is 1.19 bits per heavy atom. The summed E-state index contributed by atoms with van der Waals surface area (Å²) in [7, 11) is 0. The molecule has 0 saturated heterocycles. The van der Waals surface area contributed by atoms with Crippen molar-refractivity contribution < 1.29 is 23.1 Å². The van der Waals surface area contributed by atoms with Gasteiger partial charge in [0.2, 0.25) is 0 Å². The average Bonchev–Trinajstić information content (AvgIpc) is 3.02. The Morgan fingerprint density at radius 2 is 1.88 bits per heavy atom. The number of carbonyl (C=O) groups is 1. The number of alkyl halides is 3. The molecule has 0 radical (unpaired) electrons. The van der Waals surface area contributed by atoms with E-state index in [1.54, 1.807) is 18.2 Å². The summed E-state index contributed by atoms with van der Waals surface area (Å²) in [6.07, 6.45) is -6.39.